The fourth-order valence-corrected chi connectivity index (χ4v) is 2.05. The minimum atomic E-state index is -0.233. The summed E-state index contributed by atoms with van der Waals surface area (Å²) in [5.41, 5.74) is 2.44. The van der Waals surface area contributed by atoms with E-state index in [1.54, 1.807) is 0 Å². The van der Waals surface area contributed by atoms with Crippen molar-refractivity contribution < 1.29 is 5.21 Å². The summed E-state index contributed by atoms with van der Waals surface area (Å²) in [7, 11) is 0. The highest BCUT2D eigenvalue weighted by Crippen LogP contribution is 2.24. The number of nitrogens with zero attached hydrogens (tertiary/aromatic N) is 1. The molecule has 0 aliphatic carbocycles. The van der Waals surface area contributed by atoms with Gasteiger partial charge in [-0.3, -0.25) is 0 Å². The van der Waals surface area contributed by atoms with Crippen molar-refractivity contribution in [3.63, 3.8) is 0 Å². The maximum absolute atomic E-state index is 9.15. The van der Waals surface area contributed by atoms with E-state index in [-0.39, 0.29) is 5.25 Å². The molecule has 2 nitrogen and oxygen atoms in total. The Hall–Kier alpha value is -1.74. The molecule has 0 aliphatic rings. The van der Waals surface area contributed by atoms with Gasteiger partial charge in [0.05, 0.1) is 5.25 Å². The van der Waals surface area contributed by atoms with Crippen LogP contribution in [0.5, 0.6) is 0 Å². The van der Waals surface area contributed by atoms with Crippen LogP contribution in [0, 0.1) is 0 Å². The Morgan fingerprint density at radius 1 is 0.941 bits per heavy atom. The Morgan fingerprint density at radius 3 is 2.00 bits per heavy atom. The van der Waals surface area contributed by atoms with Gasteiger partial charge in [0, 0.05) is 5.56 Å². The zero-order valence-corrected chi connectivity index (χ0v) is 10.1. The largest absolute Gasteiger partial charge is 0.411 e. The second kappa shape index (κ2) is 5.55. The molecule has 0 aliphatic heterocycles. The van der Waals surface area contributed by atoms with Crippen molar-refractivity contribution in [3.05, 3.63) is 71.8 Å². The summed E-state index contributed by atoms with van der Waals surface area (Å²) < 4.78 is 0. The van der Waals surface area contributed by atoms with Crippen LogP contribution in [0.2, 0.25) is 0 Å². The van der Waals surface area contributed by atoms with E-state index in [1.807, 2.05) is 60.7 Å². The van der Waals surface area contributed by atoms with Crippen LogP contribution in [0.3, 0.4) is 0 Å². The van der Waals surface area contributed by atoms with E-state index in [2.05, 4.69) is 17.8 Å². The van der Waals surface area contributed by atoms with Gasteiger partial charge >= 0.3 is 0 Å². The molecule has 2 rings (SSSR count). The van der Waals surface area contributed by atoms with Gasteiger partial charge in [-0.15, -0.1) is 0 Å². The van der Waals surface area contributed by atoms with Gasteiger partial charge in [0.1, 0.15) is 5.71 Å². The summed E-state index contributed by atoms with van der Waals surface area (Å²) in [6.45, 7) is 0. The zero-order valence-electron chi connectivity index (χ0n) is 9.19. The van der Waals surface area contributed by atoms with E-state index < -0.39 is 0 Å². The first-order chi connectivity index (χ1) is 8.33. The number of hydrogen-bond donors (Lipinski definition) is 2. The van der Waals surface area contributed by atoms with Gasteiger partial charge in [0.15, 0.2) is 0 Å². The molecule has 86 valence electrons. The minimum absolute atomic E-state index is 0.233. The van der Waals surface area contributed by atoms with Crippen molar-refractivity contribution in [1.29, 1.82) is 0 Å². The molecule has 0 bridgehead atoms. The number of benzene rings is 2. The Bertz CT molecular complexity index is 496. The third-order valence-electron chi connectivity index (χ3n) is 2.55. The number of thiol groups is 1. The maximum Gasteiger partial charge on any atom is 0.104 e. The first-order valence-corrected chi connectivity index (χ1v) is 5.85. The van der Waals surface area contributed by atoms with Crippen LogP contribution in [0.15, 0.2) is 65.8 Å². The molecule has 0 fully saturated rings. The maximum atomic E-state index is 9.15. The predicted molar refractivity (Wildman–Crippen MR) is 72.9 cm³/mol. The molecule has 1 N–H and O–H groups in total. The second-order valence-electron chi connectivity index (χ2n) is 3.66. The fraction of sp³-hybridized carbons (Fsp3) is 0.0714. The molecule has 0 radical (unpaired) electrons. The normalized spacial score (nSPS) is 13.4. The minimum Gasteiger partial charge on any atom is -0.411 e. The molecular weight excluding hydrogens is 230 g/mol. The van der Waals surface area contributed by atoms with Crippen molar-refractivity contribution >= 4 is 18.3 Å². The molecule has 0 spiro atoms. The summed E-state index contributed by atoms with van der Waals surface area (Å²) in [5.74, 6) is 0. The van der Waals surface area contributed by atoms with E-state index in [1.165, 1.54) is 0 Å². The monoisotopic (exact) mass is 243 g/mol. The highest BCUT2D eigenvalue weighted by molar-refractivity contribution is 7.81. The summed E-state index contributed by atoms with van der Waals surface area (Å²) in [6.07, 6.45) is 0. The average Bonchev–Trinajstić information content (AvgIpc) is 2.42. The Morgan fingerprint density at radius 2 is 1.47 bits per heavy atom. The van der Waals surface area contributed by atoms with Crippen molar-refractivity contribution in [2.45, 2.75) is 5.25 Å². The van der Waals surface area contributed by atoms with E-state index in [4.69, 9.17) is 5.21 Å². The first kappa shape index (κ1) is 11.7. The lowest BCUT2D eigenvalue weighted by Gasteiger charge is -2.12. The lowest BCUT2D eigenvalue weighted by molar-refractivity contribution is 0.318. The summed E-state index contributed by atoms with van der Waals surface area (Å²) in [5, 5.41) is 12.3. The van der Waals surface area contributed by atoms with Crippen molar-refractivity contribution in [2.75, 3.05) is 0 Å². The molecule has 1 unspecified atom stereocenters. The Labute approximate surface area is 106 Å². The molecule has 17 heavy (non-hydrogen) atoms. The smallest absolute Gasteiger partial charge is 0.104 e. The highest BCUT2D eigenvalue weighted by Gasteiger charge is 2.16. The van der Waals surface area contributed by atoms with Gasteiger partial charge in [-0.1, -0.05) is 65.8 Å². The molecule has 0 heterocycles. The molecule has 3 heteroatoms. The standard InChI is InChI=1S/C14H13NOS/c16-15-13(11-7-3-1-4-8-11)14(17)12-9-5-2-6-10-12/h1-10,14,16-17H. The highest BCUT2D eigenvalue weighted by atomic mass is 32.1. The molecular formula is C14H13NOS. The van der Waals surface area contributed by atoms with Crippen LogP contribution >= 0.6 is 12.6 Å². The van der Waals surface area contributed by atoms with Gasteiger partial charge in [-0.2, -0.15) is 12.6 Å². The lowest BCUT2D eigenvalue weighted by Crippen LogP contribution is -2.09. The average molecular weight is 243 g/mol. The summed E-state index contributed by atoms with van der Waals surface area (Å²) >= 11 is 4.52. The summed E-state index contributed by atoms with van der Waals surface area (Å²) in [6, 6.07) is 19.3. The van der Waals surface area contributed by atoms with Crippen molar-refractivity contribution in [2.24, 2.45) is 5.16 Å². The van der Waals surface area contributed by atoms with Crippen molar-refractivity contribution in [1.82, 2.24) is 0 Å². The van der Waals surface area contributed by atoms with E-state index in [0.29, 0.717) is 5.71 Å². The van der Waals surface area contributed by atoms with Crippen LogP contribution in [0.25, 0.3) is 0 Å². The van der Waals surface area contributed by atoms with E-state index in [0.717, 1.165) is 11.1 Å². The van der Waals surface area contributed by atoms with Crippen LogP contribution in [0.4, 0.5) is 0 Å². The molecule has 0 saturated carbocycles. The van der Waals surface area contributed by atoms with Gasteiger partial charge in [0.2, 0.25) is 0 Å². The van der Waals surface area contributed by atoms with Crippen molar-refractivity contribution in [3.8, 4) is 0 Å². The second-order valence-corrected chi connectivity index (χ2v) is 4.18. The molecule has 0 aromatic heterocycles. The molecule has 0 amide bonds. The van der Waals surface area contributed by atoms with E-state index >= 15 is 0 Å². The third kappa shape index (κ3) is 2.68. The van der Waals surface area contributed by atoms with Crippen LogP contribution < -0.4 is 0 Å². The van der Waals surface area contributed by atoms with Gasteiger partial charge in [-0.25, -0.2) is 0 Å². The quantitative estimate of drug-likeness (QED) is 0.367. The van der Waals surface area contributed by atoms with Gasteiger partial charge < -0.3 is 5.21 Å². The molecule has 1 atom stereocenters. The molecule has 2 aromatic carbocycles. The SMILES string of the molecule is ON=C(c1ccccc1)C(S)c1ccccc1. The summed E-state index contributed by atoms with van der Waals surface area (Å²) in [4.78, 5) is 0. The van der Waals surface area contributed by atoms with Crippen LogP contribution in [-0.2, 0) is 0 Å². The Balaban J connectivity index is 2.33. The number of rotatable bonds is 3. The van der Waals surface area contributed by atoms with Gasteiger partial charge in [0.25, 0.3) is 0 Å². The third-order valence-corrected chi connectivity index (χ3v) is 3.09. The molecule has 2 aromatic rings. The molecule has 0 saturated heterocycles. The van der Waals surface area contributed by atoms with Gasteiger partial charge in [-0.05, 0) is 5.56 Å². The predicted octanol–water partition coefficient (Wildman–Crippen LogP) is 3.54. The zero-order chi connectivity index (χ0) is 12.1. The van der Waals surface area contributed by atoms with Crippen LogP contribution in [-0.4, -0.2) is 10.9 Å². The van der Waals surface area contributed by atoms with E-state index in [9.17, 15) is 0 Å². The Kier molecular flexibility index (Phi) is 3.83. The number of oxime groups is 1. The number of hydrogen-bond acceptors (Lipinski definition) is 3. The first-order valence-electron chi connectivity index (χ1n) is 5.33. The fourth-order valence-electron chi connectivity index (χ4n) is 1.67. The van der Waals surface area contributed by atoms with Crippen LogP contribution in [0.1, 0.15) is 16.4 Å². The lowest BCUT2D eigenvalue weighted by atomic mass is 10.0. The topological polar surface area (TPSA) is 32.6 Å².